The molecule has 128 valence electrons. The van der Waals surface area contributed by atoms with E-state index < -0.39 is 17.0 Å². The summed E-state index contributed by atoms with van der Waals surface area (Å²) in [7, 11) is 10.2. The molecule has 0 aliphatic rings. The predicted molar refractivity (Wildman–Crippen MR) is 106 cm³/mol. The van der Waals surface area contributed by atoms with E-state index in [1.165, 1.54) is 5.30 Å². The van der Waals surface area contributed by atoms with Gasteiger partial charge in [-0.2, -0.15) is 0 Å². The van der Waals surface area contributed by atoms with E-state index in [0.717, 1.165) is 16.4 Å². The fraction of sp³-hybridized carbons (Fsp3) is 0.278. The van der Waals surface area contributed by atoms with Crippen molar-refractivity contribution in [1.82, 2.24) is 0 Å². The predicted octanol–water partition coefficient (Wildman–Crippen LogP) is 4.92. The average molecular weight is 418 g/mol. The second-order valence-corrected chi connectivity index (χ2v) is 10.1. The van der Waals surface area contributed by atoms with E-state index in [2.05, 4.69) is 37.9 Å². The zero-order valence-corrected chi connectivity index (χ0v) is 18.3. The molecule has 0 saturated carbocycles. The molecule has 0 bridgehead atoms. The van der Waals surface area contributed by atoms with Crippen LogP contribution in [0.15, 0.2) is 47.5 Å². The molecule has 0 saturated heterocycles. The van der Waals surface area contributed by atoms with Crippen LogP contribution >= 0.6 is 27.2 Å². The van der Waals surface area contributed by atoms with Crippen LogP contribution in [0, 0.1) is 6.92 Å². The summed E-state index contributed by atoms with van der Waals surface area (Å²) in [6.07, 6.45) is 1.94. The minimum absolute atomic E-state index is 0.0817. The third-order valence-electron chi connectivity index (χ3n) is 3.06. The SMILES string of the molecule is Cc1cccc(Pc2ccccc2C=NC(C)(C)C)c1O.[Cl][Ti][Cl]. The summed E-state index contributed by atoms with van der Waals surface area (Å²) in [5, 5.41) is 12.4. The number of nitrogens with zero attached hydrogens (tertiary/aromatic N) is 1. The number of hydrogen-bond acceptors (Lipinski definition) is 2. The number of hydrogen-bond donors (Lipinski definition) is 1. The van der Waals surface area contributed by atoms with E-state index in [-0.39, 0.29) is 5.54 Å². The van der Waals surface area contributed by atoms with Crippen molar-refractivity contribution in [2.24, 2.45) is 4.99 Å². The summed E-state index contributed by atoms with van der Waals surface area (Å²) in [5.41, 5.74) is 1.95. The summed E-state index contributed by atoms with van der Waals surface area (Å²) in [6, 6.07) is 14.1. The van der Waals surface area contributed by atoms with Crippen molar-refractivity contribution >= 4 is 44.0 Å². The quantitative estimate of drug-likeness (QED) is 0.429. The van der Waals surface area contributed by atoms with Crippen molar-refractivity contribution in [3.63, 3.8) is 0 Å². The molecule has 2 aromatic carbocycles. The molecule has 1 unspecified atom stereocenters. The molecular formula is C18H22Cl2NOPTi. The Morgan fingerprint density at radius 2 is 1.62 bits per heavy atom. The number of aliphatic imine (C=N–C) groups is 1. The van der Waals surface area contributed by atoms with Gasteiger partial charge >= 0.3 is 35.6 Å². The van der Waals surface area contributed by atoms with E-state index in [4.69, 9.17) is 18.6 Å². The minimum atomic E-state index is -0.556. The van der Waals surface area contributed by atoms with Gasteiger partial charge in [-0.3, -0.25) is 4.99 Å². The first-order valence-electron chi connectivity index (χ1n) is 7.44. The number of para-hydroxylation sites is 1. The van der Waals surface area contributed by atoms with Crippen molar-refractivity contribution in [1.29, 1.82) is 0 Å². The van der Waals surface area contributed by atoms with E-state index >= 15 is 0 Å². The zero-order valence-electron chi connectivity index (χ0n) is 14.3. The van der Waals surface area contributed by atoms with Crippen molar-refractivity contribution in [2.45, 2.75) is 33.2 Å². The van der Waals surface area contributed by atoms with Gasteiger partial charge in [0.2, 0.25) is 0 Å². The Bertz CT molecular complexity index is 687. The number of aromatic hydroxyl groups is 1. The van der Waals surface area contributed by atoms with E-state index in [1.807, 2.05) is 43.5 Å². The third kappa shape index (κ3) is 7.68. The fourth-order valence-electron chi connectivity index (χ4n) is 1.89. The van der Waals surface area contributed by atoms with Crippen molar-refractivity contribution < 1.29 is 22.1 Å². The number of benzene rings is 2. The monoisotopic (exact) mass is 417 g/mol. The van der Waals surface area contributed by atoms with Crippen LogP contribution in [0.3, 0.4) is 0 Å². The number of aryl methyl sites for hydroxylation is 1. The average Bonchev–Trinajstić information content (AvgIpc) is 2.51. The molecule has 1 N–H and O–H groups in total. The Morgan fingerprint density at radius 3 is 2.25 bits per heavy atom. The molecule has 6 heteroatoms. The van der Waals surface area contributed by atoms with Gasteiger partial charge in [0.05, 0.1) is 5.54 Å². The Morgan fingerprint density at radius 1 is 1.04 bits per heavy atom. The van der Waals surface area contributed by atoms with Crippen LogP contribution in [-0.2, 0) is 17.0 Å². The van der Waals surface area contributed by atoms with Gasteiger partial charge in [-0.05, 0) is 38.6 Å². The van der Waals surface area contributed by atoms with E-state index in [9.17, 15) is 5.11 Å². The first-order chi connectivity index (χ1) is 11.3. The van der Waals surface area contributed by atoms with Gasteiger partial charge in [-0.1, -0.05) is 51.0 Å². The molecule has 0 aliphatic carbocycles. The van der Waals surface area contributed by atoms with Crippen molar-refractivity contribution in [3.8, 4) is 5.75 Å². The van der Waals surface area contributed by atoms with Crippen LogP contribution < -0.4 is 10.6 Å². The van der Waals surface area contributed by atoms with Gasteiger partial charge in [0.15, 0.2) is 0 Å². The fourth-order valence-corrected chi connectivity index (χ4v) is 3.15. The van der Waals surface area contributed by atoms with Gasteiger partial charge in [-0.25, -0.2) is 0 Å². The molecule has 0 spiro atoms. The summed E-state index contributed by atoms with van der Waals surface area (Å²) in [4.78, 5) is 4.59. The summed E-state index contributed by atoms with van der Waals surface area (Å²) in [6.45, 7) is 8.18. The van der Waals surface area contributed by atoms with E-state index in [1.54, 1.807) is 0 Å². The Balaban J connectivity index is 0.000000891. The Labute approximate surface area is 163 Å². The molecule has 24 heavy (non-hydrogen) atoms. The first kappa shape index (κ1) is 21.7. The third-order valence-corrected chi connectivity index (χ3v) is 4.46. The van der Waals surface area contributed by atoms with Crippen LogP contribution in [-0.4, -0.2) is 16.9 Å². The maximum absolute atomic E-state index is 10.2. The van der Waals surface area contributed by atoms with Crippen LogP contribution in [0.5, 0.6) is 5.75 Å². The van der Waals surface area contributed by atoms with Crippen LogP contribution in [0.25, 0.3) is 0 Å². The topological polar surface area (TPSA) is 32.6 Å². The molecule has 2 rings (SSSR count). The van der Waals surface area contributed by atoms with Gasteiger partial charge in [-0.15, -0.1) is 0 Å². The molecule has 0 aromatic heterocycles. The van der Waals surface area contributed by atoms with Gasteiger partial charge in [0, 0.05) is 17.1 Å². The van der Waals surface area contributed by atoms with Gasteiger partial charge < -0.3 is 5.11 Å². The maximum atomic E-state index is 10.2. The van der Waals surface area contributed by atoms with Crippen LogP contribution in [0.4, 0.5) is 0 Å². The first-order valence-corrected chi connectivity index (χ1v) is 12.7. The second kappa shape index (κ2) is 10.6. The van der Waals surface area contributed by atoms with Crippen LogP contribution in [0.1, 0.15) is 31.9 Å². The molecule has 0 amide bonds. The van der Waals surface area contributed by atoms with Crippen molar-refractivity contribution in [3.05, 3.63) is 53.6 Å². The Hall–Kier alpha value is -0.366. The molecule has 2 nitrogen and oxygen atoms in total. The zero-order chi connectivity index (χ0) is 18.2. The number of phenols is 1. The van der Waals surface area contributed by atoms with Gasteiger partial charge in [0.1, 0.15) is 5.75 Å². The number of phenolic OH excluding ortho intramolecular Hbond substituents is 1. The molecule has 0 fully saturated rings. The Kier molecular flexibility index (Phi) is 9.56. The summed E-state index contributed by atoms with van der Waals surface area (Å²) >= 11 is -0.556. The number of rotatable bonds is 3. The molecule has 0 radical (unpaired) electrons. The van der Waals surface area contributed by atoms with Gasteiger partial charge in [0.25, 0.3) is 0 Å². The molecule has 0 aliphatic heterocycles. The van der Waals surface area contributed by atoms with Crippen LogP contribution in [0.2, 0.25) is 0 Å². The molecule has 2 aromatic rings. The standard InChI is InChI=1S/C18H22NOP.2ClH.Ti/c1-13-8-7-11-16(17(13)20)21-15-10-6-5-9-14(15)12-19-18(2,3)4;;;/h5-12,20-21H,1-4H3;2*1H;/q;;;+2/p-2. The van der Waals surface area contributed by atoms with Crippen molar-refractivity contribution in [2.75, 3.05) is 0 Å². The molecule has 0 heterocycles. The second-order valence-electron chi connectivity index (χ2n) is 6.18. The molecular weight excluding hydrogens is 396 g/mol. The normalized spacial score (nSPS) is 11.6. The summed E-state index contributed by atoms with van der Waals surface area (Å²) in [5.74, 6) is 0.401. The van der Waals surface area contributed by atoms with E-state index in [0.29, 0.717) is 14.3 Å². The summed E-state index contributed by atoms with van der Waals surface area (Å²) < 4.78 is 0. The number of halogens is 2. The molecule has 1 atom stereocenters.